The summed E-state index contributed by atoms with van der Waals surface area (Å²) < 4.78 is 11.3. The van der Waals surface area contributed by atoms with Crippen LogP contribution < -0.4 is 9.47 Å². The van der Waals surface area contributed by atoms with Crippen molar-refractivity contribution in [3.63, 3.8) is 0 Å². The van der Waals surface area contributed by atoms with E-state index >= 15 is 0 Å². The highest BCUT2D eigenvalue weighted by Crippen LogP contribution is 2.52. The first-order valence-electron chi connectivity index (χ1n) is 4.79. The van der Waals surface area contributed by atoms with E-state index < -0.39 is 0 Å². The summed E-state index contributed by atoms with van der Waals surface area (Å²) in [5.41, 5.74) is 0. The van der Waals surface area contributed by atoms with Gasteiger partial charge in [-0.3, -0.25) is 0 Å². The fourth-order valence-corrected chi connectivity index (χ4v) is 2.13. The van der Waals surface area contributed by atoms with Gasteiger partial charge in [-0.05, 0) is 24.3 Å². The standard InChI is InChI=1S/C12H5Cl3O2/c13-6-4-5-9-12(10(6)15)17-8-3-1-2-7(14)11(8)16-9/h1-5H. The molecule has 5 heteroatoms. The van der Waals surface area contributed by atoms with Crippen molar-refractivity contribution in [1.29, 1.82) is 0 Å². The molecule has 0 aromatic heterocycles. The SMILES string of the molecule is Clc1ccc2c(c1Cl)Oc1cccc(Cl)c1O2. The molecule has 2 aromatic carbocycles. The van der Waals surface area contributed by atoms with Crippen LogP contribution in [0.1, 0.15) is 0 Å². The van der Waals surface area contributed by atoms with Gasteiger partial charge in [-0.2, -0.15) is 0 Å². The highest BCUT2D eigenvalue weighted by atomic mass is 35.5. The predicted octanol–water partition coefficient (Wildman–Crippen LogP) is 5.54. The van der Waals surface area contributed by atoms with Gasteiger partial charge in [-0.1, -0.05) is 40.9 Å². The van der Waals surface area contributed by atoms with Crippen LogP contribution in [0.3, 0.4) is 0 Å². The van der Waals surface area contributed by atoms with Gasteiger partial charge in [-0.25, -0.2) is 0 Å². The summed E-state index contributed by atoms with van der Waals surface area (Å²) >= 11 is 18.0. The molecule has 17 heavy (non-hydrogen) atoms. The molecule has 86 valence electrons. The van der Waals surface area contributed by atoms with Gasteiger partial charge >= 0.3 is 0 Å². The normalized spacial score (nSPS) is 12.2. The molecular formula is C12H5Cl3O2. The van der Waals surface area contributed by atoms with Gasteiger partial charge in [0.05, 0.1) is 10.0 Å². The second-order valence-electron chi connectivity index (χ2n) is 3.46. The molecule has 3 rings (SSSR count). The Morgan fingerprint density at radius 1 is 0.706 bits per heavy atom. The van der Waals surface area contributed by atoms with Gasteiger partial charge in [0.15, 0.2) is 23.0 Å². The third kappa shape index (κ3) is 1.73. The Hall–Kier alpha value is -1.09. The number of hydrogen-bond acceptors (Lipinski definition) is 2. The molecule has 2 aromatic rings. The lowest BCUT2D eigenvalue weighted by molar-refractivity contribution is 0.360. The van der Waals surface area contributed by atoms with Crippen molar-refractivity contribution in [2.24, 2.45) is 0 Å². The van der Waals surface area contributed by atoms with Crippen LogP contribution in [-0.2, 0) is 0 Å². The Kier molecular flexibility index (Phi) is 2.58. The number of rotatable bonds is 0. The van der Waals surface area contributed by atoms with Crippen molar-refractivity contribution in [3.8, 4) is 23.0 Å². The maximum absolute atomic E-state index is 6.05. The predicted molar refractivity (Wildman–Crippen MR) is 68.1 cm³/mol. The van der Waals surface area contributed by atoms with Crippen molar-refractivity contribution in [3.05, 3.63) is 45.4 Å². The van der Waals surface area contributed by atoms with Crippen molar-refractivity contribution >= 4 is 34.8 Å². The minimum atomic E-state index is 0.329. The van der Waals surface area contributed by atoms with Gasteiger partial charge in [0, 0.05) is 0 Å². The zero-order chi connectivity index (χ0) is 12.0. The van der Waals surface area contributed by atoms with Gasteiger partial charge in [0.2, 0.25) is 0 Å². The van der Waals surface area contributed by atoms with E-state index in [1.807, 2.05) is 0 Å². The van der Waals surface area contributed by atoms with E-state index in [1.165, 1.54) is 0 Å². The number of benzene rings is 2. The molecule has 0 atom stereocenters. The first-order valence-corrected chi connectivity index (χ1v) is 5.92. The zero-order valence-electron chi connectivity index (χ0n) is 8.34. The molecule has 0 radical (unpaired) electrons. The van der Waals surface area contributed by atoms with E-state index in [2.05, 4.69) is 0 Å². The second kappa shape index (κ2) is 3.98. The topological polar surface area (TPSA) is 18.5 Å². The van der Waals surface area contributed by atoms with Crippen molar-refractivity contribution in [1.82, 2.24) is 0 Å². The Morgan fingerprint density at radius 2 is 1.41 bits per heavy atom. The molecule has 2 nitrogen and oxygen atoms in total. The van der Waals surface area contributed by atoms with E-state index in [9.17, 15) is 0 Å². The number of para-hydroxylation sites is 1. The van der Waals surface area contributed by atoms with Crippen LogP contribution >= 0.6 is 34.8 Å². The first-order chi connectivity index (χ1) is 8.16. The van der Waals surface area contributed by atoms with Crippen LogP contribution in [0.4, 0.5) is 0 Å². The van der Waals surface area contributed by atoms with Gasteiger partial charge in [0.1, 0.15) is 5.02 Å². The fourth-order valence-electron chi connectivity index (χ4n) is 1.58. The average molecular weight is 288 g/mol. The maximum atomic E-state index is 6.05. The van der Waals surface area contributed by atoms with Crippen LogP contribution in [-0.4, -0.2) is 0 Å². The van der Waals surface area contributed by atoms with E-state index in [4.69, 9.17) is 44.3 Å². The van der Waals surface area contributed by atoms with E-state index in [0.29, 0.717) is 38.1 Å². The molecular weight excluding hydrogens is 282 g/mol. The number of ether oxygens (including phenoxy) is 2. The number of halogens is 3. The zero-order valence-corrected chi connectivity index (χ0v) is 10.6. The maximum Gasteiger partial charge on any atom is 0.190 e. The summed E-state index contributed by atoms with van der Waals surface area (Å²) in [5, 5.41) is 1.23. The lowest BCUT2D eigenvalue weighted by atomic mass is 10.2. The third-order valence-electron chi connectivity index (χ3n) is 2.37. The Morgan fingerprint density at radius 3 is 2.24 bits per heavy atom. The summed E-state index contributed by atoms with van der Waals surface area (Å²) in [4.78, 5) is 0. The molecule has 0 bridgehead atoms. The molecule has 0 saturated carbocycles. The molecule has 0 aliphatic carbocycles. The minimum absolute atomic E-state index is 0.329. The molecule has 0 N–H and O–H groups in total. The fraction of sp³-hybridized carbons (Fsp3) is 0. The Bertz CT molecular complexity index is 611. The molecule has 0 saturated heterocycles. The number of fused-ring (bicyclic) bond motifs is 2. The number of hydrogen-bond donors (Lipinski definition) is 0. The summed E-state index contributed by atoms with van der Waals surface area (Å²) in [5.74, 6) is 1.92. The van der Waals surface area contributed by atoms with Gasteiger partial charge in [0.25, 0.3) is 0 Å². The lowest BCUT2D eigenvalue weighted by Crippen LogP contribution is -1.99. The summed E-state index contributed by atoms with van der Waals surface area (Å²) in [6.07, 6.45) is 0. The molecule has 0 unspecified atom stereocenters. The first kappa shape index (κ1) is 11.0. The van der Waals surface area contributed by atoms with Crippen molar-refractivity contribution in [2.75, 3.05) is 0 Å². The van der Waals surface area contributed by atoms with E-state index in [1.54, 1.807) is 30.3 Å². The Labute approximate surface area is 113 Å². The summed E-state index contributed by atoms with van der Waals surface area (Å²) in [6.45, 7) is 0. The van der Waals surface area contributed by atoms with Crippen molar-refractivity contribution in [2.45, 2.75) is 0 Å². The van der Waals surface area contributed by atoms with Crippen LogP contribution in [0.25, 0.3) is 0 Å². The largest absolute Gasteiger partial charge is 0.448 e. The molecule has 0 amide bonds. The highest BCUT2D eigenvalue weighted by molar-refractivity contribution is 6.43. The lowest BCUT2D eigenvalue weighted by Gasteiger charge is -2.22. The van der Waals surface area contributed by atoms with Crippen LogP contribution in [0.2, 0.25) is 15.1 Å². The summed E-state index contributed by atoms with van der Waals surface area (Å²) in [6, 6.07) is 8.59. The van der Waals surface area contributed by atoms with E-state index in [-0.39, 0.29) is 0 Å². The smallest absolute Gasteiger partial charge is 0.190 e. The highest BCUT2D eigenvalue weighted by Gasteiger charge is 2.24. The molecule has 1 aliphatic rings. The molecule has 0 fully saturated rings. The van der Waals surface area contributed by atoms with Gasteiger partial charge < -0.3 is 9.47 Å². The average Bonchev–Trinajstić information content (AvgIpc) is 2.33. The monoisotopic (exact) mass is 286 g/mol. The minimum Gasteiger partial charge on any atom is -0.448 e. The Balaban J connectivity index is 2.17. The quantitative estimate of drug-likeness (QED) is 0.540. The molecule has 1 aliphatic heterocycles. The second-order valence-corrected chi connectivity index (χ2v) is 4.65. The van der Waals surface area contributed by atoms with Gasteiger partial charge in [-0.15, -0.1) is 0 Å². The summed E-state index contributed by atoms with van der Waals surface area (Å²) in [7, 11) is 0. The molecule has 0 spiro atoms. The van der Waals surface area contributed by atoms with Crippen LogP contribution in [0, 0.1) is 0 Å². The van der Waals surface area contributed by atoms with E-state index in [0.717, 1.165) is 0 Å². The molecule has 1 heterocycles. The van der Waals surface area contributed by atoms with Crippen LogP contribution in [0.5, 0.6) is 23.0 Å². The van der Waals surface area contributed by atoms with Crippen molar-refractivity contribution < 1.29 is 9.47 Å². The third-order valence-corrected chi connectivity index (χ3v) is 3.45. The van der Waals surface area contributed by atoms with Crippen LogP contribution in [0.15, 0.2) is 30.3 Å².